The van der Waals surface area contributed by atoms with Gasteiger partial charge in [0.15, 0.2) is 0 Å². The molecular formula is C19H27N5O. The second kappa shape index (κ2) is 8.27. The highest BCUT2D eigenvalue weighted by atomic mass is 16.2. The lowest BCUT2D eigenvalue weighted by Gasteiger charge is -2.36. The lowest BCUT2D eigenvalue weighted by Crippen LogP contribution is -2.51. The fourth-order valence-corrected chi connectivity index (χ4v) is 3.33. The van der Waals surface area contributed by atoms with Gasteiger partial charge in [0, 0.05) is 51.5 Å². The van der Waals surface area contributed by atoms with E-state index >= 15 is 0 Å². The van der Waals surface area contributed by atoms with Crippen LogP contribution in [0.5, 0.6) is 0 Å². The molecule has 1 saturated heterocycles. The van der Waals surface area contributed by atoms with E-state index in [9.17, 15) is 4.79 Å². The van der Waals surface area contributed by atoms with E-state index in [1.807, 2.05) is 31.3 Å². The number of carbonyl (C=O) groups excluding carboxylic acids is 1. The predicted octanol–water partition coefficient (Wildman–Crippen LogP) is 1.07. The van der Waals surface area contributed by atoms with E-state index in [2.05, 4.69) is 39.6 Å². The highest BCUT2D eigenvalue weighted by Crippen LogP contribution is 2.16. The first-order valence-electron chi connectivity index (χ1n) is 8.88. The maximum absolute atomic E-state index is 12.8. The fourth-order valence-electron chi connectivity index (χ4n) is 3.33. The zero-order valence-electron chi connectivity index (χ0n) is 15.1. The molecule has 0 bridgehead atoms. The average molecular weight is 341 g/mol. The Morgan fingerprint density at radius 3 is 2.52 bits per heavy atom. The summed E-state index contributed by atoms with van der Waals surface area (Å²) >= 11 is 0. The molecule has 6 nitrogen and oxygen atoms in total. The third kappa shape index (κ3) is 4.46. The molecule has 2 aromatic rings. The quantitative estimate of drug-likeness (QED) is 0.854. The Morgan fingerprint density at radius 2 is 1.92 bits per heavy atom. The van der Waals surface area contributed by atoms with Crippen LogP contribution in [0.15, 0.2) is 42.7 Å². The average Bonchev–Trinajstić information content (AvgIpc) is 3.08. The van der Waals surface area contributed by atoms with E-state index in [1.165, 1.54) is 5.56 Å². The maximum atomic E-state index is 12.8. The molecule has 1 aliphatic heterocycles. The number of nitrogens with one attached hydrogen (secondary N) is 1. The van der Waals surface area contributed by atoms with Gasteiger partial charge in [-0.15, -0.1) is 0 Å². The van der Waals surface area contributed by atoms with E-state index < -0.39 is 0 Å². The Hall–Kier alpha value is -2.18. The topological polar surface area (TPSA) is 53.4 Å². The molecule has 1 amide bonds. The van der Waals surface area contributed by atoms with Crippen LogP contribution in [0, 0.1) is 0 Å². The molecule has 1 aromatic heterocycles. The van der Waals surface area contributed by atoms with Crippen molar-refractivity contribution in [3.8, 4) is 0 Å². The molecule has 1 aromatic carbocycles. The highest BCUT2D eigenvalue weighted by molar-refractivity contribution is 5.83. The Bertz CT molecular complexity index is 676. The number of nitrogens with zero attached hydrogens (tertiary/aromatic N) is 4. The monoisotopic (exact) mass is 341 g/mol. The summed E-state index contributed by atoms with van der Waals surface area (Å²) in [5, 5.41) is 7.30. The van der Waals surface area contributed by atoms with Gasteiger partial charge in [-0.1, -0.05) is 30.3 Å². The van der Waals surface area contributed by atoms with Crippen molar-refractivity contribution in [2.75, 3.05) is 39.8 Å². The third-order valence-electron chi connectivity index (χ3n) is 4.84. The summed E-state index contributed by atoms with van der Waals surface area (Å²) in [6, 6.07) is 10.2. The standard InChI is InChI=1S/C19H27N5O/c1-20-18(17-14-21-22(2)15-17)19(25)24-12-10-23(11-13-24)9-8-16-6-4-3-5-7-16/h3-7,14-15,18,20H,8-13H2,1-2H3. The Kier molecular flexibility index (Phi) is 5.83. The summed E-state index contributed by atoms with van der Waals surface area (Å²) in [6.45, 7) is 4.48. The Labute approximate surface area is 149 Å². The molecule has 1 unspecified atom stereocenters. The number of hydrogen-bond donors (Lipinski definition) is 1. The summed E-state index contributed by atoms with van der Waals surface area (Å²) in [5.41, 5.74) is 2.29. The molecule has 0 saturated carbocycles. The van der Waals surface area contributed by atoms with Crippen LogP contribution >= 0.6 is 0 Å². The highest BCUT2D eigenvalue weighted by Gasteiger charge is 2.28. The molecular weight excluding hydrogens is 314 g/mol. The number of aromatic nitrogens is 2. The molecule has 2 heterocycles. The molecule has 6 heteroatoms. The Balaban J connectivity index is 1.50. The molecule has 1 fully saturated rings. The van der Waals surface area contributed by atoms with Crippen LogP contribution in [0.4, 0.5) is 0 Å². The smallest absolute Gasteiger partial charge is 0.244 e. The molecule has 0 aliphatic carbocycles. The van der Waals surface area contributed by atoms with Crippen LogP contribution < -0.4 is 5.32 Å². The van der Waals surface area contributed by atoms with Crippen molar-refractivity contribution in [1.82, 2.24) is 24.9 Å². The van der Waals surface area contributed by atoms with Gasteiger partial charge in [0.2, 0.25) is 5.91 Å². The van der Waals surface area contributed by atoms with E-state index in [0.717, 1.165) is 44.7 Å². The zero-order valence-corrected chi connectivity index (χ0v) is 15.1. The van der Waals surface area contributed by atoms with Crippen LogP contribution in [0.1, 0.15) is 17.2 Å². The SMILES string of the molecule is CNC(C(=O)N1CCN(CCc2ccccc2)CC1)c1cnn(C)c1. The van der Waals surface area contributed by atoms with Gasteiger partial charge in [-0.3, -0.25) is 14.4 Å². The molecule has 1 atom stereocenters. The van der Waals surface area contributed by atoms with Gasteiger partial charge in [-0.25, -0.2) is 0 Å². The van der Waals surface area contributed by atoms with Gasteiger partial charge in [-0.05, 0) is 19.0 Å². The summed E-state index contributed by atoms with van der Waals surface area (Å²) in [5.74, 6) is 0.137. The van der Waals surface area contributed by atoms with Crippen molar-refractivity contribution in [3.05, 3.63) is 53.9 Å². The van der Waals surface area contributed by atoms with Crippen molar-refractivity contribution in [1.29, 1.82) is 0 Å². The third-order valence-corrected chi connectivity index (χ3v) is 4.84. The number of hydrogen-bond acceptors (Lipinski definition) is 4. The summed E-state index contributed by atoms with van der Waals surface area (Å²) in [7, 11) is 3.69. The number of benzene rings is 1. The van der Waals surface area contributed by atoms with Gasteiger partial charge in [0.25, 0.3) is 0 Å². The van der Waals surface area contributed by atoms with Crippen molar-refractivity contribution in [2.24, 2.45) is 7.05 Å². The van der Waals surface area contributed by atoms with E-state index in [1.54, 1.807) is 10.9 Å². The van der Waals surface area contributed by atoms with Gasteiger partial charge in [0.1, 0.15) is 6.04 Å². The van der Waals surface area contributed by atoms with Crippen molar-refractivity contribution < 1.29 is 4.79 Å². The summed E-state index contributed by atoms with van der Waals surface area (Å²) < 4.78 is 1.73. The lowest BCUT2D eigenvalue weighted by molar-refractivity contribution is -0.135. The minimum absolute atomic E-state index is 0.137. The Morgan fingerprint density at radius 1 is 1.20 bits per heavy atom. The number of likely N-dealkylation sites (N-methyl/N-ethyl adjacent to an activating group) is 1. The molecule has 25 heavy (non-hydrogen) atoms. The second-order valence-electron chi connectivity index (χ2n) is 6.57. The number of amides is 1. The summed E-state index contributed by atoms with van der Waals surface area (Å²) in [6.07, 6.45) is 4.72. The first-order valence-corrected chi connectivity index (χ1v) is 8.88. The van der Waals surface area contributed by atoms with Crippen LogP contribution in [0.25, 0.3) is 0 Å². The van der Waals surface area contributed by atoms with Crippen LogP contribution in [0.2, 0.25) is 0 Å². The van der Waals surface area contributed by atoms with Gasteiger partial charge >= 0.3 is 0 Å². The van der Waals surface area contributed by atoms with Crippen LogP contribution in [0.3, 0.4) is 0 Å². The molecule has 1 aliphatic rings. The largest absolute Gasteiger partial charge is 0.338 e. The molecule has 1 N–H and O–H groups in total. The molecule has 3 rings (SSSR count). The maximum Gasteiger partial charge on any atom is 0.244 e. The van der Waals surface area contributed by atoms with Gasteiger partial charge in [-0.2, -0.15) is 5.10 Å². The molecule has 134 valence electrons. The van der Waals surface area contributed by atoms with Crippen molar-refractivity contribution in [2.45, 2.75) is 12.5 Å². The normalized spacial score (nSPS) is 16.8. The number of aryl methyl sites for hydroxylation is 1. The van der Waals surface area contributed by atoms with Gasteiger partial charge in [0.05, 0.1) is 6.20 Å². The first kappa shape index (κ1) is 17.6. The first-order chi connectivity index (χ1) is 12.2. The van der Waals surface area contributed by atoms with Crippen molar-refractivity contribution in [3.63, 3.8) is 0 Å². The van der Waals surface area contributed by atoms with Crippen molar-refractivity contribution >= 4 is 5.91 Å². The molecule has 0 spiro atoms. The number of carbonyl (C=O) groups is 1. The van der Waals surface area contributed by atoms with Crippen LogP contribution in [-0.4, -0.2) is 65.3 Å². The zero-order chi connectivity index (χ0) is 17.6. The van der Waals surface area contributed by atoms with Crippen LogP contribution in [-0.2, 0) is 18.3 Å². The minimum atomic E-state index is -0.315. The number of piperazine rings is 1. The van der Waals surface area contributed by atoms with E-state index in [4.69, 9.17) is 0 Å². The van der Waals surface area contributed by atoms with E-state index in [0.29, 0.717) is 0 Å². The number of rotatable bonds is 6. The second-order valence-corrected chi connectivity index (χ2v) is 6.57. The van der Waals surface area contributed by atoms with E-state index in [-0.39, 0.29) is 11.9 Å². The molecule has 0 radical (unpaired) electrons. The van der Waals surface area contributed by atoms with Gasteiger partial charge < -0.3 is 10.2 Å². The lowest BCUT2D eigenvalue weighted by atomic mass is 10.1. The predicted molar refractivity (Wildman–Crippen MR) is 98.2 cm³/mol. The minimum Gasteiger partial charge on any atom is -0.338 e. The summed E-state index contributed by atoms with van der Waals surface area (Å²) in [4.78, 5) is 17.2. The fraction of sp³-hybridized carbons (Fsp3) is 0.474.